The van der Waals surface area contributed by atoms with E-state index in [2.05, 4.69) is 4.90 Å². The molecular weight excluding hydrogens is 349 g/mol. The Morgan fingerprint density at radius 3 is 2.74 bits per heavy atom. The number of halogens is 1. The second kappa shape index (κ2) is 8.69. The molecule has 0 aliphatic carbocycles. The fourth-order valence-corrected chi connectivity index (χ4v) is 3.43. The van der Waals surface area contributed by atoms with Crippen molar-refractivity contribution in [2.24, 2.45) is 0 Å². The molecule has 0 unspecified atom stereocenters. The van der Waals surface area contributed by atoms with Crippen molar-refractivity contribution in [2.45, 2.75) is 31.6 Å². The molecule has 0 saturated carbocycles. The van der Waals surface area contributed by atoms with Crippen LogP contribution in [0.2, 0.25) is 0 Å². The standard InChI is InChI=1S/C21H26FNO4/c1-26-19-8-7-16(12-23-10-4-9-21(25,14-23)15-24)11-20(19)27-13-17-5-2-3-6-18(17)22/h2-3,5-8,11,24-25H,4,9-10,12-15H2,1H3/t21-/m1/s1. The zero-order valence-electron chi connectivity index (χ0n) is 15.5. The van der Waals surface area contributed by atoms with Crippen molar-refractivity contribution in [3.05, 3.63) is 59.4 Å². The summed E-state index contributed by atoms with van der Waals surface area (Å²) in [6, 6.07) is 12.2. The Morgan fingerprint density at radius 1 is 1.19 bits per heavy atom. The van der Waals surface area contributed by atoms with Gasteiger partial charge in [-0.1, -0.05) is 24.3 Å². The highest BCUT2D eigenvalue weighted by Gasteiger charge is 2.32. The molecule has 2 aromatic rings. The van der Waals surface area contributed by atoms with E-state index in [4.69, 9.17) is 9.47 Å². The topological polar surface area (TPSA) is 62.2 Å². The van der Waals surface area contributed by atoms with Crippen molar-refractivity contribution in [3.63, 3.8) is 0 Å². The summed E-state index contributed by atoms with van der Waals surface area (Å²) in [4.78, 5) is 2.11. The van der Waals surface area contributed by atoms with Gasteiger partial charge in [0.05, 0.1) is 13.7 Å². The summed E-state index contributed by atoms with van der Waals surface area (Å²) in [5, 5.41) is 19.7. The van der Waals surface area contributed by atoms with E-state index in [-0.39, 0.29) is 19.0 Å². The molecule has 0 spiro atoms. The summed E-state index contributed by atoms with van der Waals surface area (Å²) in [5.74, 6) is 0.831. The number of hydrogen-bond donors (Lipinski definition) is 2. The van der Waals surface area contributed by atoms with Crippen LogP contribution in [-0.2, 0) is 13.2 Å². The Morgan fingerprint density at radius 2 is 2.00 bits per heavy atom. The van der Waals surface area contributed by atoms with Crippen LogP contribution in [0.4, 0.5) is 4.39 Å². The molecule has 1 aliphatic heterocycles. The molecular formula is C21H26FNO4. The number of likely N-dealkylation sites (tertiary alicyclic amines) is 1. The molecule has 5 nitrogen and oxygen atoms in total. The maximum absolute atomic E-state index is 13.8. The Bertz CT molecular complexity index is 770. The number of ether oxygens (including phenoxy) is 2. The first kappa shape index (κ1) is 19.6. The number of aliphatic hydroxyl groups is 2. The van der Waals surface area contributed by atoms with Crippen molar-refractivity contribution >= 4 is 0 Å². The third kappa shape index (κ3) is 4.97. The summed E-state index contributed by atoms with van der Waals surface area (Å²) in [7, 11) is 1.57. The molecule has 1 heterocycles. The van der Waals surface area contributed by atoms with Gasteiger partial charge in [0.1, 0.15) is 18.0 Å². The van der Waals surface area contributed by atoms with Crippen molar-refractivity contribution in [1.29, 1.82) is 0 Å². The van der Waals surface area contributed by atoms with Crippen LogP contribution < -0.4 is 9.47 Å². The third-order valence-electron chi connectivity index (χ3n) is 4.90. The molecule has 27 heavy (non-hydrogen) atoms. The number of rotatable bonds is 7. The fourth-order valence-electron chi connectivity index (χ4n) is 3.43. The smallest absolute Gasteiger partial charge is 0.161 e. The highest BCUT2D eigenvalue weighted by atomic mass is 19.1. The maximum Gasteiger partial charge on any atom is 0.161 e. The summed E-state index contributed by atoms with van der Waals surface area (Å²) >= 11 is 0. The van der Waals surface area contributed by atoms with Gasteiger partial charge >= 0.3 is 0 Å². The molecule has 1 fully saturated rings. The van der Waals surface area contributed by atoms with Gasteiger partial charge in [-0.25, -0.2) is 4.39 Å². The van der Waals surface area contributed by atoms with Gasteiger partial charge in [0, 0.05) is 18.7 Å². The van der Waals surface area contributed by atoms with Crippen LogP contribution in [0.3, 0.4) is 0 Å². The molecule has 3 rings (SSSR count). The predicted molar refractivity (Wildman–Crippen MR) is 100 cm³/mol. The number of methoxy groups -OCH3 is 1. The van der Waals surface area contributed by atoms with Crippen molar-refractivity contribution in [3.8, 4) is 11.5 Å². The van der Waals surface area contributed by atoms with Gasteiger partial charge in [0.2, 0.25) is 0 Å². The lowest BCUT2D eigenvalue weighted by Crippen LogP contribution is -2.50. The zero-order chi connectivity index (χ0) is 19.3. The molecule has 0 amide bonds. The van der Waals surface area contributed by atoms with Crippen LogP contribution in [0.1, 0.15) is 24.0 Å². The van der Waals surface area contributed by atoms with Gasteiger partial charge in [-0.2, -0.15) is 0 Å². The van der Waals surface area contributed by atoms with Gasteiger partial charge in [0.25, 0.3) is 0 Å². The van der Waals surface area contributed by atoms with E-state index >= 15 is 0 Å². The highest BCUT2D eigenvalue weighted by Crippen LogP contribution is 2.30. The Balaban J connectivity index is 1.70. The number of hydrogen-bond acceptors (Lipinski definition) is 5. The van der Waals surface area contributed by atoms with E-state index in [0.29, 0.717) is 36.6 Å². The highest BCUT2D eigenvalue weighted by molar-refractivity contribution is 5.43. The van der Waals surface area contributed by atoms with Crippen LogP contribution in [0.25, 0.3) is 0 Å². The van der Waals surface area contributed by atoms with Crippen LogP contribution >= 0.6 is 0 Å². The monoisotopic (exact) mass is 375 g/mol. The third-order valence-corrected chi connectivity index (χ3v) is 4.90. The van der Waals surface area contributed by atoms with Gasteiger partial charge < -0.3 is 19.7 Å². The second-order valence-corrected chi connectivity index (χ2v) is 7.06. The first-order chi connectivity index (χ1) is 13.0. The molecule has 0 bridgehead atoms. The van der Waals surface area contributed by atoms with E-state index in [1.54, 1.807) is 25.3 Å². The molecule has 2 N–H and O–H groups in total. The van der Waals surface area contributed by atoms with Crippen molar-refractivity contribution in [2.75, 3.05) is 26.8 Å². The van der Waals surface area contributed by atoms with Crippen LogP contribution in [-0.4, -0.2) is 47.5 Å². The molecule has 2 aromatic carbocycles. The molecule has 1 atom stereocenters. The molecule has 1 saturated heterocycles. The molecule has 146 valence electrons. The minimum atomic E-state index is -1.03. The number of benzene rings is 2. The van der Waals surface area contributed by atoms with Gasteiger partial charge in [0.15, 0.2) is 11.5 Å². The lowest BCUT2D eigenvalue weighted by atomic mass is 9.93. The van der Waals surface area contributed by atoms with Gasteiger partial charge in [-0.3, -0.25) is 4.90 Å². The fraction of sp³-hybridized carbons (Fsp3) is 0.429. The molecule has 0 radical (unpaired) electrons. The maximum atomic E-state index is 13.8. The number of piperidine rings is 1. The Hall–Kier alpha value is -2.15. The predicted octanol–water partition coefficient (Wildman–Crippen LogP) is 2.73. The SMILES string of the molecule is COc1ccc(CN2CCC[C@](O)(CO)C2)cc1OCc1ccccc1F. The summed E-state index contributed by atoms with van der Waals surface area (Å²) < 4.78 is 25.0. The Kier molecular flexibility index (Phi) is 6.31. The normalized spacial score (nSPS) is 20.4. The second-order valence-electron chi connectivity index (χ2n) is 7.06. The van der Waals surface area contributed by atoms with Crippen molar-refractivity contribution in [1.82, 2.24) is 4.90 Å². The summed E-state index contributed by atoms with van der Waals surface area (Å²) in [5.41, 5.74) is 0.449. The van der Waals surface area contributed by atoms with E-state index in [0.717, 1.165) is 18.5 Å². The quantitative estimate of drug-likeness (QED) is 0.779. The van der Waals surface area contributed by atoms with Crippen LogP contribution in [0.15, 0.2) is 42.5 Å². The molecule has 0 aromatic heterocycles. The number of β-amino-alcohol motifs (C(OH)–C–C–N with tert-alkyl or cyclic N) is 1. The average molecular weight is 375 g/mol. The minimum Gasteiger partial charge on any atom is -0.493 e. The zero-order valence-corrected chi connectivity index (χ0v) is 15.5. The first-order valence-corrected chi connectivity index (χ1v) is 9.12. The lowest BCUT2D eigenvalue weighted by Gasteiger charge is -2.38. The van der Waals surface area contributed by atoms with Gasteiger partial charge in [-0.05, 0) is 43.1 Å². The van der Waals surface area contributed by atoms with Gasteiger partial charge in [-0.15, -0.1) is 0 Å². The molecule has 6 heteroatoms. The van der Waals surface area contributed by atoms with E-state index in [1.807, 2.05) is 18.2 Å². The Labute approximate surface area is 159 Å². The average Bonchev–Trinajstić information content (AvgIpc) is 2.67. The summed E-state index contributed by atoms with van der Waals surface area (Å²) in [6.07, 6.45) is 1.45. The number of nitrogens with zero attached hydrogens (tertiary/aromatic N) is 1. The van der Waals surface area contributed by atoms with Crippen LogP contribution in [0.5, 0.6) is 11.5 Å². The van der Waals surface area contributed by atoms with Crippen molar-refractivity contribution < 1.29 is 24.1 Å². The van der Waals surface area contributed by atoms with E-state index < -0.39 is 5.60 Å². The largest absolute Gasteiger partial charge is 0.493 e. The van der Waals surface area contributed by atoms with Crippen LogP contribution in [0, 0.1) is 5.82 Å². The first-order valence-electron chi connectivity index (χ1n) is 9.12. The van der Waals surface area contributed by atoms with E-state index in [9.17, 15) is 14.6 Å². The summed E-state index contributed by atoms with van der Waals surface area (Å²) in [6.45, 7) is 1.80. The molecule has 1 aliphatic rings. The van der Waals surface area contributed by atoms with E-state index in [1.165, 1.54) is 6.07 Å². The number of aliphatic hydroxyl groups excluding tert-OH is 1. The minimum absolute atomic E-state index is 0.112. The lowest BCUT2D eigenvalue weighted by molar-refractivity contribution is -0.0687.